The molecule has 2 aromatic rings. The molecule has 2 atom stereocenters. The normalized spacial score (nSPS) is 13.6. The Morgan fingerprint density at radius 3 is 2.33 bits per heavy atom. The molecule has 0 aromatic heterocycles. The van der Waals surface area contributed by atoms with Crippen LogP contribution in [-0.2, 0) is 0 Å². The van der Waals surface area contributed by atoms with Crippen LogP contribution in [0.15, 0.2) is 53.5 Å². The number of ether oxygens (including phenoxy) is 1. The Balaban J connectivity index is 2.11. The molecule has 0 aliphatic heterocycles. The predicted molar refractivity (Wildman–Crippen MR) is 89.5 cm³/mol. The van der Waals surface area contributed by atoms with Gasteiger partial charge in [-0.05, 0) is 47.5 Å². The van der Waals surface area contributed by atoms with E-state index in [0.29, 0.717) is 5.56 Å². The summed E-state index contributed by atoms with van der Waals surface area (Å²) in [4.78, 5) is 14.3. The van der Waals surface area contributed by atoms with Crippen molar-refractivity contribution in [1.29, 1.82) is 0 Å². The number of nitrogens with zero attached hydrogens (tertiary/aromatic N) is 2. The summed E-state index contributed by atoms with van der Waals surface area (Å²) in [5, 5.41) is 30.4. The number of methoxy groups -OCH3 is 1. The molecule has 2 aromatic carbocycles. The van der Waals surface area contributed by atoms with Gasteiger partial charge in [-0.1, -0.05) is 0 Å². The molecule has 0 amide bonds. The summed E-state index contributed by atoms with van der Waals surface area (Å²) < 4.78 is 5.07. The predicted octanol–water partition coefficient (Wildman–Crippen LogP) is 2.12. The number of nitro benzene ring substituents is 1. The third-order valence-electron chi connectivity index (χ3n) is 3.53. The second kappa shape index (κ2) is 8.19. The molecular weight excluding hydrogens is 312 g/mol. The van der Waals surface area contributed by atoms with Crippen molar-refractivity contribution in [3.8, 4) is 5.75 Å². The number of benzene rings is 2. The maximum Gasteiger partial charge on any atom is 0.269 e. The van der Waals surface area contributed by atoms with E-state index in [1.165, 1.54) is 24.3 Å². The fraction of sp³-hybridized carbons (Fsp3) is 0.235. The number of rotatable bonds is 7. The van der Waals surface area contributed by atoms with Gasteiger partial charge in [0.1, 0.15) is 17.9 Å². The van der Waals surface area contributed by atoms with E-state index in [2.05, 4.69) is 4.99 Å². The first-order valence-electron chi connectivity index (χ1n) is 7.25. The van der Waals surface area contributed by atoms with Crippen LogP contribution in [0.4, 0.5) is 5.69 Å². The zero-order valence-corrected chi connectivity index (χ0v) is 13.1. The van der Waals surface area contributed by atoms with Crippen molar-refractivity contribution in [2.45, 2.75) is 12.1 Å². The second-order valence-electron chi connectivity index (χ2n) is 5.09. The number of hydrogen-bond donors (Lipinski definition) is 2. The average molecular weight is 330 g/mol. The van der Waals surface area contributed by atoms with Crippen molar-refractivity contribution in [3.63, 3.8) is 0 Å². The van der Waals surface area contributed by atoms with Crippen LogP contribution in [0.25, 0.3) is 0 Å². The van der Waals surface area contributed by atoms with Crippen LogP contribution in [0.1, 0.15) is 17.2 Å². The molecule has 0 bridgehead atoms. The monoisotopic (exact) mass is 330 g/mol. The molecule has 0 spiro atoms. The molecule has 24 heavy (non-hydrogen) atoms. The van der Waals surface area contributed by atoms with Gasteiger partial charge < -0.3 is 14.9 Å². The molecule has 2 rings (SSSR count). The Morgan fingerprint density at radius 1 is 1.21 bits per heavy atom. The summed E-state index contributed by atoms with van der Waals surface area (Å²) in [5.41, 5.74) is 1.19. The lowest BCUT2D eigenvalue weighted by molar-refractivity contribution is -0.384. The lowest BCUT2D eigenvalue weighted by atomic mass is 10.0. The van der Waals surface area contributed by atoms with Crippen LogP contribution in [-0.4, -0.2) is 41.1 Å². The van der Waals surface area contributed by atoms with Gasteiger partial charge in [0.15, 0.2) is 0 Å². The second-order valence-corrected chi connectivity index (χ2v) is 5.09. The highest BCUT2D eigenvalue weighted by atomic mass is 16.6. The minimum Gasteiger partial charge on any atom is -0.497 e. The van der Waals surface area contributed by atoms with Crippen LogP contribution in [0, 0.1) is 10.1 Å². The molecule has 7 heteroatoms. The summed E-state index contributed by atoms with van der Waals surface area (Å²) in [7, 11) is 1.57. The van der Waals surface area contributed by atoms with E-state index in [0.717, 1.165) is 11.3 Å². The molecule has 126 valence electrons. The number of non-ortho nitro benzene ring substituents is 1. The summed E-state index contributed by atoms with van der Waals surface area (Å²) >= 11 is 0. The molecule has 0 radical (unpaired) electrons. The zero-order chi connectivity index (χ0) is 17.5. The van der Waals surface area contributed by atoms with Crippen LogP contribution < -0.4 is 4.74 Å². The summed E-state index contributed by atoms with van der Waals surface area (Å²) in [6.45, 7) is -0.356. The highest BCUT2D eigenvalue weighted by Crippen LogP contribution is 2.22. The van der Waals surface area contributed by atoms with E-state index in [9.17, 15) is 20.3 Å². The first-order chi connectivity index (χ1) is 11.5. The molecule has 7 nitrogen and oxygen atoms in total. The Morgan fingerprint density at radius 2 is 1.83 bits per heavy atom. The number of aliphatic hydroxyl groups excluding tert-OH is 2. The zero-order valence-electron chi connectivity index (χ0n) is 13.1. The van der Waals surface area contributed by atoms with E-state index in [1.807, 2.05) is 0 Å². The van der Waals surface area contributed by atoms with E-state index in [1.54, 1.807) is 37.6 Å². The minimum atomic E-state index is -1.06. The number of hydrogen-bond acceptors (Lipinski definition) is 6. The number of aliphatic hydroxyl groups is 2. The topological polar surface area (TPSA) is 105 Å². The van der Waals surface area contributed by atoms with Crippen LogP contribution in [0.3, 0.4) is 0 Å². The number of aliphatic imine (C=N–C) groups is 1. The van der Waals surface area contributed by atoms with Crippen molar-refractivity contribution in [2.24, 2.45) is 4.99 Å². The molecule has 2 N–H and O–H groups in total. The van der Waals surface area contributed by atoms with Crippen LogP contribution >= 0.6 is 0 Å². The van der Waals surface area contributed by atoms with Crippen molar-refractivity contribution >= 4 is 11.9 Å². The van der Waals surface area contributed by atoms with Gasteiger partial charge in [0.05, 0.1) is 18.6 Å². The van der Waals surface area contributed by atoms with Crippen LogP contribution in [0.5, 0.6) is 5.75 Å². The lowest BCUT2D eigenvalue weighted by Gasteiger charge is -2.17. The van der Waals surface area contributed by atoms with Crippen molar-refractivity contribution in [1.82, 2.24) is 0 Å². The van der Waals surface area contributed by atoms with E-state index < -0.39 is 17.1 Å². The highest BCUT2D eigenvalue weighted by Gasteiger charge is 2.19. The summed E-state index contributed by atoms with van der Waals surface area (Å²) in [5.74, 6) is 0.719. The third-order valence-corrected chi connectivity index (χ3v) is 3.53. The first kappa shape index (κ1) is 17.6. The molecular formula is C17H18N2O5. The highest BCUT2D eigenvalue weighted by molar-refractivity contribution is 5.79. The van der Waals surface area contributed by atoms with Gasteiger partial charge >= 0.3 is 0 Å². The molecule has 0 aliphatic carbocycles. The minimum absolute atomic E-state index is 0.0618. The third kappa shape index (κ3) is 4.37. The summed E-state index contributed by atoms with van der Waals surface area (Å²) in [6, 6.07) is 11.9. The van der Waals surface area contributed by atoms with Crippen LogP contribution in [0.2, 0.25) is 0 Å². The largest absolute Gasteiger partial charge is 0.497 e. The van der Waals surface area contributed by atoms with E-state index in [-0.39, 0.29) is 12.3 Å². The van der Waals surface area contributed by atoms with Gasteiger partial charge in [-0.25, -0.2) is 0 Å². The van der Waals surface area contributed by atoms with E-state index >= 15 is 0 Å². The Kier molecular flexibility index (Phi) is 6.00. The van der Waals surface area contributed by atoms with E-state index in [4.69, 9.17) is 4.74 Å². The maximum atomic E-state index is 10.6. The molecule has 0 fully saturated rings. The van der Waals surface area contributed by atoms with Crippen molar-refractivity contribution in [2.75, 3.05) is 13.7 Å². The van der Waals surface area contributed by atoms with Crippen molar-refractivity contribution in [3.05, 3.63) is 69.8 Å². The average Bonchev–Trinajstić information content (AvgIpc) is 2.62. The molecule has 0 aliphatic rings. The Bertz CT molecular complexity index is 698. The SMILES string of the molecule is COc1ccc(C=N[C@@H](CO)[C@@H](O)c2ccc([N+](=O)[O-])cc2)cc1. The maximum absolute atomic E-state index is 10.6. The Hall–Kier alpha value is -2.77. The molecule has 0 saturated carbocycles. The van der Waals surface area contributed by atoms with Gasteiger partial charge in [-0.15, -0.1) is 0 Å². The first-order valence-corrected chi connectivity index (χ1v) is 7.25. The fourth-order valence-electron chi connectivity index (χ4n) is 2.12. The van der Waals surface area contributed by atoms with Gasteiger partial charge in [0.2, 0.25) is 0 Å². The molecule has 0 heterocycles. The van der Waals surface area contributed by atoms with Gasteiger partial charge in [0, 0.05) is 18.3 Å². The van der Waals surface area contributed by atoms with Gasteiger partial charge in [-0.2, -0.15) is 0 Å². The molecule has 0 saturated heterocycles. The fourth-order valence-corrected chi connectivity index (χ4v) is 2.12. The molecule has 0 unspecified atom stereocenters. The van der Waals surface area contributed by atoms with Crippen molar-refractivity contribution < 1.29 is 19.9 Å². The lowest BCUT2D eigenvalue weighted by Crippen LogP contribution is -2.21. The smallest absolute Gasteiger partial charge is 0.269 e. The quantitative estimate of drug-likeness (QED) is 0.459. The Labute approximate surface area is 139 Å². The standard InChI is InChI=1S/C17H18N2O5/c1-24-15-8-2-12(3-9-15)10-18-16(11-20)17(21)13-4-6-14(7-5-13)19(22)23/h2-10,16-17,20-21H,11H2,1H3/t16-,17-/m0/s1. The number of nitro groups is 1. The van der Waals surface area contributed by atoms with Gasteiger partial charge in [0.25, 0.3) is 5.69 Å². The summed E-state index contributed by atoms with van der Waals surface area (Å²) in [6.07, 6.45) is 0.486. The van der Waals surface area contributed by atoms with Gasteiger partial charge in [-0.3, -0.25) is 15.1 Å².